The second-order valence-electron chi connectivity index (χ2n) is 5.17. The summed E-state index contributed by atoms with van der Waals surface area (Å²) in [6.07, 6.45) is 7.10. The predicted molar refractivity (Wildman–Crippen MR) is 71.8 cm³/mol. The summed E-state index contributed by atoms with van der Waals surface area (Å²) in [6.45, 7) is 11.7. The van der Waals surface area contributed by atoms with Gasteiger partial charge in [-0.2, -0.15) is 0 Å². The van der Waals surface area contributed by atoms with E-state index in [0.29, 0.717) is 0 Å². The molecule has 0 bridgehead atoms. The van der Waals surface area contributed by atoms with Crippen LogP contribution in [0.25, 0.3) is 0 Å². The molecule has 2 nitrogen and oxygen atoms in total. The second kappa shape index (κ2) is 8.08. The summed E-state index contributed by atoms with van der Waals surface area (Å²) < 4.78 is 0. The Bertz CT molecular complexity index is 160. The highest BCUT2D eigenvalue weighted by Gasteiger charge is 2.20. The average Bonchev–Trinajstić information content (AvgIpc) is 2.82. The Labute approximate surface area is 102 Å². The van der Waals surface area contributed by atoms with E-state index in [1.165, 1.54) is 58.3 Å². The molecule has 1 fully saturated rings. The number of nitrogens with zero attached hydrogens (tertiary/aromatic N) is 1. The molecule has 96 valence electrons. The Kier molecular flexibility index (Phi) is 7.06. The maximum Gasteiger partial charge on any atom is 0.00670 e. The summed E-state index contributed by atoms with van der Waals surface area (Å²) in [5.41, 5.74) is 0. The summed E-state index contributed by atoms with van der Waals surface area (Å²) in [5.74, 6) is 0.952. The van der Waals surface area contributed by atoms with Crippen LogP contribution in [-0.2, 0) is 0 Å². The van der Waals surface area contributed by atoms with Crippen LogP contribution in [0.2, 0.25) is 0 Å². The lowest BCUT2D eigenvalue weighted by molar-refractivity contribution is 0.290. The van der Waals surface area contributed by atoms with Crippen molar-refractivity contribution in [1.82, 2.24) is 10.2 Å². The van der Waals surface area contributed by atoms with Gasteiger partial charge >= 0.3 is 0 Å². The molecule has 1 aliphatic carbocycles. The van der Waals surface area contributed by atoms with Gasteiger partial charge in [-0.05, 0) is 58.3 Å². The van der Waals surface area contributed by atoms with Crippen LogP contribution in [0.5, 0.6) is 0 Å². The molecule has 0 aliphatic heterocycles. The van der Waals surface area contributed by atoms with Crippen molar-refractivity contribution in [2.75, 3.05) is 26.2 Å². The predicted octanol–water partition coefficient (Wildman–Crippen LogP) is 2.89. The maximum atomic E-state index is 3.70. The Balaban J connectivity index is 2.01. The summed E-state index contributed by atoms with van der Waals surface area (Å²) >= 11 is 0. The lowest BCUT2D eigenvalue weighted by Crippen LogP contribution is -2.34. The normalized spacial score (nSPS) is 19.5. The molecule has 0 radical (unpaired) electrons. The van der Waals surface area contributed by atoms with E-state index in [4.69, 9.17) is 0 Å². The van der Waals surface area contributed by atoms with Crippen LogP contribution in [-0.4, -0.2) is 37.1 Å². The standard InChI is InChI=1S/C14H30N2/c1-4-16(5-2)12-8-11-15-13(3)14-9-6-7-10-14/h13-15H,4-12H2,1-3H3. The minimum atomic E-state index is 0.735. The summed E-state index contributed by atoms with van der Waals surface area (Å²) in [6, 6.07) is 0.735. The molecule has 0 amide bonds. The van der Waals surface area contributed by atoms with Gasteiger partial charge in [0.15, 0.2) is 0 Å². The molecule has 0 aromatic rings. The van der Waals surface area contributed by atoms with Crippen molar-refractivity contribution in [3.63, 3.8) is 0 Å². The van der Waals surface area contributed by atoms with E-state index >= 15 is 0 Å². The first kappa shape index (κ1) is 14.0. The molecular formula is C14H30N2. The Morgan fingerprint density at radius 2 is 1.81 bits per heavy atom. The number of hydrogen-bond donors (Lipinski definition) is 1. The topological polar surface area (TPSA) is 15.3 Å². The minimum Gasteiger partial charge on any atom is -0.314 e. The monoisotopic (exact) mass is 226 g/mol. The van der Waals surface area contributed by atoms with Gasteiger partial charge in [0, 0.05) is 6.04 Å². The highest BCUT2D eigenvalue weighted by atomic mass is 15.1. The van der Waals surface area contributed by atoms with Crippen LogP contribution < -0.4 is 5.32 Å². The SMILES string of the molecule is CCN(CC)CCCNC(C)C1CCCC1. The largest absolute Gasteiger partial charge is 0.314 e. The fourth-order valence-corrected chi connectivity index (χ4v) is 2.80. The quantitative estimate of drug-likeness (QED) is 0.640. The molecule has 1 rings (SSSR count). The van der Waals surface area contributed by atoms with E-state index in [2.05, 4.69) is 31.0 Å². The van der Waals surface area contributed by atoms with Crippen LogP contribution in [0.4, 0.5) is 0 Å². The van der Waals surface area contributed by atoms with E-state index in [-0.39, 0.29) is 0 Å². The zero-order chi connectivity index (χ0) is 11.8. The van der Waals surface area contributed by atoms with Crippen molar-refractivity contribution in [2.45, 2.75) is 58.9 Å². The van der Waals surface area contributed by atoms with Gasteiger partial charge in [-0.3, -0.25) is 0 Å². The first-order valence-electron chi connectivity index (χ1n) is 7.23. The molecule has 0 aromatic heterocycles. The number of hydrogen-bond acceptors (Lipinski definition) is 2. The fourth-order valence-electron chi connectivity index (χ4n) is 2.80. The smallest absolute Gasteiger partial charge is 0.00670 e. The highest BCUT2D eigenvalue weighted by molar-refractivity contribution is 4.77. The second-order valence-corrected chi connectivity index (χ2v) is 5.17. The van der Waals surface area contributed by atoms with Crippen molar-refractivity contribution in [3.8, 4) is 0 Å². The first-order chi connectivity index (χ1) is 7.77. The van der Waals surface area contributed by atoms with E-state index in [1.54, 1.807) is 0 Å². The number of nitrogens with one attached hydrogen (secondary N) is 1. The van der Waals surface area contributed by atoms with Gasteiger partial charge in [-0.15, -0.1) is 0 Å². The Morgan fingerprint density at radius 3 is 2.38 bits per heavy atom. The molecule has 1 saturated carbocycles. The molecule has 16 heavy (non-hydrogen) atoms. The third-order valence-corrected chi connectivity index (χ3v) is 4.12. The van der Waals surface area contributed by atoms with E-state index < -0.39 is 0 Å². The first-order valence-corrected chi connectivity index (χ1v) is 7.23. The van der Waals surface area contributed by atoms with Crippen molar-refractivity contribution in [2.24, 2.45) is 5.92 Å². The summed E-state index contributed by atoms with van der Waals surface area (Å²) in [5, 5.41) is 3.70. The van der Waals surface area contributed by atoms with Crippen molar-refractivity contribution < 1.29 is 0 Å². The highest BCUT2D eigenvalue weighted by Crippen LogP contribution is 2.27. The lowest BCUT2D eigenvalue weighted by atomic mass is 10.00. The Morgan fingerprint density at radius 1 is 1.19 bits per heavy atom. The van der Waals surface area contributed by atoms with Gasteiger partial charge in [0.05, 0.1) is 0 Å². The lowest BCUT2D eigenvalue weighted by Gasteiger charge is -2.22. The average molecular weight is 226 g/mol. The van der Waals surface area contributed by atoms with Crippen LogP contribution in [0.1, 0.15) is 52.9 Å². The zero-order valence-corrected chi connectivity index (χ0v) is 11.5. The molecule has 1 N–H and O–H groups in total. The third-order valence-electron chi connectivity index (χ3n) is 4.12. The minimum absolute atomic E-state index is 0.735. The molecule has 0 saturated heterocycles. The zero-order valence-electron chi connectivity index (χ0n) is 11.5. The van der Waals surface area contributed by atoms with Crippen LogP contribution in [0.15, 0.2) is 0 Å². The molecule has 0 heterocycles. The summed E-state index contributed by atoms with van der Waals surface area (Å²) in [4.78, 5) is 2.50. The van der Waals surface area contributed by atoms with Crippen molar-refractivity contribution in [1.29, 1.82) is 0 Å². The van der Waals surface area contributed by atoms with Gasteiger partial charge in [-0.1, -0.05) is 26.7 Å². The third kappa shape index (κ3) is 4.84. The molecule has 2 heteroatoms. The van der Waals surface area contributed by atoms with E-state index in [0.717, 1.165) is 12.0 Å². The fraction of sp³-hybridized carbons (Fsp3) is 1.00. The van der Waals surface area contributed by atoms with Gasteiger partial charge < -0.3 is 10.2 Å². The molecule has 1 aliphatic rings. The van der Waals surface area contributed by atoms with Crippen molar-refractivity contribution >= 4 is 0 Å². The van der Waals surface area contributed by atoms with Gasteiger partial charge in [0.1, 0.15) is 0 Å². The van der Waals surface area contributed by atoms with Gasteiger partial charge in [0.25, 0.3) is 0 Å². The molecule has 1 unspecified atom stereocenters. The van der Waals surface area contributed by atoms with Crippen LogP contribution in [0, 0.1) is 5.92 Å². The van der Waals surface area contributed by atoms with E-state index in [9.17, 15) is 0 Å². The van der Waals surface area contributed by atoms with Gasteiger partial charge in [-0.25, -0.2) is 0 Å². The molecule has 0 spiro atoms. The van der Waals surface area contributed by atoms with Crippen LogP contribution in [0.3, 0.4) is 0 Å². The number of rotatable bonds is 8. The van der Waals surface area contributed by atoms with Gasteiger partial charge in [0.2, 0.25) is 0 Å². The summed E-state index contributed by atoms with van der Waals surface area (Å²) in [7, 11) is 0. The maximum absolute atomic E-state index is 3.70. The molecule has 1 atom stereocenters. The van der Waals surface area contributed by atoms with Crippen LogP contribution >= 0.6 is 0 Å². The molecule has 0 aromatic carbocycles. The van der Waals surface area contributed by atoms with Crippen molar-refractivity contribution in [3.05, 3.63) is 0 Å². The molecular weight excluding hydrogens is 196 g/mol. The Hall–Kier alpha value is -0.0800. The van der Waals surface area contributed by atoms with E-state index in [1.807, 2.05) is 0 Å².